The van der Waals surface area contributed by atoms with Crippen molar-refractivity contribution in [2.45, 2.75) is 13.0 Å². The van der Waals surface area contributed by atoms with E-state index in [2.05, 4.69) is 9.97 Å². The third-order valence-electron chi connectivity index (χ3n) is 3.59. The molecular formula is C15H14N4O3. The van der Waals surface area contributed by atoms with Gasteiger partial charge >= 0.3 is 5.69 Å². The van der Waals surface area contributed by atoms with E-state index in [0.717, 1.165) is 16.7 Å². The van der Waals surface area contributed by atoms with E-state index >= 15 is 0 Å². The van der Waals surface area contributed by atoms with Gasteiger partial charge in [0.2, 0.25) is 5.95 Å². The number of nitrogens with zero attached hydrogens (tertiary/aromatic N) is 4. The van der Waals surface area contributed by atoms with Gasteiger partial charge in [-0.15, -0.1) is 0 Å². The van der Waals surface area contributed by atoms with Crippen LogP contribution in [0.15, 0.2) is 47.1 Å². The molecule has 7 nitrogen and oxygen atoms in total. The number of benzene rings is 1. The summed E-state index contributed by atoms with van der Waals surface area (Å²) in [7, 11) is 1.82. The molecule has 0 aliphatic carbocycles. The van der Waals surface area contributed by atoms with Gasteiger partial charge in [-0.2, -0.15) is 0 Å². The highest BCUT2D eigenvalue weighted by Crippen LogP contribution is 2.28. The van der Waals surface area contributed by atoms with Gasteiger partial charge in [-0.25, -0.2) is 9.97 Å². The molecule has 0 saturated carbocycles. The van der Waals surface area contributed by atoms with E-state index in [1.165, 1.54) is 12.4 Å². The standard InChI is InChI=1S/C15H14N4O3/c1-10(14-7-11-5-3-4-6-13(11)22-14)18(2)15-16-8-12(9-17-15)19(20)21/h3-10H,1-2H3. The van der Waals surface area contributed by atoms with Crippen LogP contribution in [0.25, 0.3) is 11.0 Å². The molecule has 3 aromatic rings. The molecule has 7 heteroatoms. The highest BCUT2D eigenvalue weighted by Gasteiger charge is 2.19. The van der Waals surface area contributed by atoms with Crippen molar-refractivity contribution < 1.29 is 9.34 Å². The summed E-state index contributed by atoms with van der Waals surface area (Å²) in [6, 6.07) is 9.64. The minimum absolute atomic E-state index is 0.103. The van der Waals surface area contributed by atoms with Crippen molar-refractivity contribution in [1.82, 2.24) is 9.97 Å². The molecule has 0 radical (unpaired) electrons. The van der Waals surface area contributed by atoms with E-state index in [1.807, 2.05) is 44.3 Å². The van der Waals surface area contributed by atoms with Crippen LogP contribution in [0.3, 0.4) is 0 Å². The average molecular weight is 298 g/mol. The van der Waals surface area contributed by atoms with Gasteiger partial charge in [0.05, 0.1) is 11.0 Å². The summed E-state index contributed by atoms with van der Waals surface area (Å²) in [6.07, 6.45) is 2.40. The van der Waals surface area contributed by atoms with E-state index in [0.29, 0.717) is 5.95 Å². The Bertz CT molecular complexity index is 780. The Hall–Kier alpha value is -2.96. The third kappa shape index (κ3) is 2.48. The van der Waals surface area contributed by atoms with Gasteiger partial charge in [-0.1, -0.05) is 18.2 Å². The Morgan fingerprint density at radius 3 is 2.59 bits per heavy atom. The normalized spacial score (nSPS) is 12.3. The van der Waals surface area contributed by atoms with Gasteiger partial charge in [0.25, 0.3) is 0 Å². The Morgan fingerprint density at radius 1 is 1.27 bits per heavy atom. The molecule has 22 heavy (non-hydrogen) atoms. The first-order valence-corrected chi connectivity index (χ1v) is 6.74. The minimum Gasteiger partial charge on any atom is -0.459 e. The number of aromatic nitrogens is 2. The predicted octanol–water partition coefficient (Wildman–Crippen LogP) is 3.33. The number of hydrogen-bond donors (Lipinski definition) is 0. The topological polar surface area (TPSA) is 85.3 Å². The van der Waals surface area contributed by atoms with Crippen LogP contribution < -0.4 is 4.90 Å². The van der Waals surface area contributed by atoms with Crippen molar-refractivity contribution in [1.29, 1.82) is 0 Å². The summed E-state index contributed by atoms with van der Waals surface area (Å²) >= 11 is 0. The molecule has 1 atom stereocenters. The first kappa shape index (κ1) is 14.0. The highest BCUT2D eigenvalue weighted by atomic mass is 16.6. The molecule has 0 N–H and O–H groups in total. The van der Waals surface area contributed by atoms with Crippen molar-refractivity contribution in [3.8, 4) is 0 Å². The van der Waals surface area contributed by atoms with Crippen molar-refractivity contribution in [2.24, 2.45) is 0 Å². The lowest BCUT2D eigenvalue weighted by atomic mass is 10.2. The Balaban J connectivity index is 1.86. The fraction of sp³-hybridized carbons (Fsp3) is 0.200. The van der Waals surface area contributed by atoms with Crippen molar-refractivity contribution in [3.05, 3.63) is 58.6 Å². The Labute approximate surface area is 126 Å². The summed E-state index contributed by atoms with van der Waals surface area (Å²) < 4.78 is 5.83. The number of furan rings is 1. The zero-order valence-electron chi connectivity index (χ0n) is 12.1. The zero-order chi connectivity index (χ0) is 15.7. The second-order valence-electron chi connectivity index (χ2n) is 4.97. The average Bonchev–Trinajstić information content (AvgIpc) is 2.97. The smallest absolute Gasteiger partial charge is 0.305 e. The lowest BCUT2D eigenvalue weighted by molar-refractivity contribution is -0.385. The van der Waals surface area contributed by atoms with Gasteiger partial charge in [0, 0.05) is 12.4 Å². The van der Waals surface area contributed by atoms with Gasteiger partial charge in [0.15, 0.2) is 0 Å². The number of rotatable bonds is 4. The van der Waals surface area contributed by atoms with E-state index < -0.39 is 4.92 Å². The monoisotopic (exact) mass is 298 g/mol. The molecule has 1 unspecified atom stereocenters. The lowest BCUT2D eigenvalue weighted by Gasteiger charge is -2.22. The maximum atomic E-state index is 10.6. The molecule has 0 fully saturated rings. The molecule has 3 rings (SSSR count). The maximum Gasteiger partial charge on any atom is 0.305 e. The molecule has 0 saturated heterocycles. The summed E-state index contributed by atoms with van der Waals surface area (Å²) in [5.74, 6) is 1.18. The fourth-order valence-electron chi connectivity index (χ4n) is 2.16. The maximum absolute atomic E-state index is 10.6. The Morgan fingerprint density at radius 2 is 1.95 bits per heavy atom. The molecule has 0 aliphatic heterocycles. The summed E-state index contributed by atoms with van der Waals surface area (Å²) in [6.45, 7) is 1.96. The second-order valence-corrected chi connectivity index (χ2v) is 4.97. The Kier molecular flexibility index (Phi) is 3.46. The van der Waals surface area contributed by atoms with Crippen LogP contribution in [0.5, 0.6) is 0 Å². The molecule has 2 aromatic heterocycles. The summed E-state index contributed by atoms with van der Waals surface area (Å²) in [5, 5.41) is 11.7. The SMILES string of the molecule is CC(c1cc2ccccc2o1)N(C)c1ncc([N+](=O)[O-])cn1. The fourth-order valence-corrected chi connectivity index (χ4v) is 2.16. The zero-order valence-corrected chi connectivity index (χ0v) is 12.1. The summed E-state index contributed by atoms with van der Waals surface area (Å²) in [5.41, 5.74) is 0.691. The summed E-state index contributed by atoms with van der Waals surface area (Å²) in [4.78, 5) is 20.0. The van der Waals surface area contributed by atoms with Crippen molar-refractivity contribution >= 4 is 22.6 Å². The molecular weight excluding hydrogens is 284 g/mol. The van der Waals surface area contributed by atoms with Crippen LogP contribution >= 0.6 is 0 Å². The van der Waals surface area contributed by atoms with E-state index in [-0.39, 0.29) is 11.7 Å². The molecule has 0 bridgehead atoms. The lowest BCUT2D eigenvalue weighted by Crippen LogP contribution is -2.23. The van der Waals surface area contributed by atoms with E-state index in [9.17, 15) is 10.1 Å². The molecule has 2 heterocycles. The van der Waals surface area contributed by atoms with Crippen molar-refractivity contribution in [3.63, 3.8) is 0 Å². The number of anilines is 1. The van der Waals surface area contributed by atoms with Crippen LogP contribution in [-0.4, -0.2) is 21.9 Å². The van der Waals surface area contributed by atoms with Gasteiger partial charge in [-0.05, 0) is 19.1 Å². The van der Waals surface area contributed by atoms with Gasteiger partial charge < -0.3 is 9.32 Å². The highest BCUT2D eigenvalue weighted by molar-refractivity contribution is 5.77. The van der Waals surface area contributed by atoms with E-state index in [1.54, 1.807) is 4.90 Å². The number of nitro groups is 1. The molecule has 1 aromatic carbocycles. The van der Waals surface area contributed by atoms with Crippen LogP contribution in [0, 0.1) is 10.1 Å². The molecule has 112 valence electrons. The van der Waals surface area contributed by atoms with Crippen LogP contribution in [0.4, 0.5) is 11.6 Å². The quantitative estimate of drug-likeness (QED) is 0.542. The molecule has 0 spiro atoms. The predicted molar refractivity (Wildman–Crippen MR) is 81.7 cm³/mol. The first-order valence-electron chi connectivity index (χ1n) is 6.74. The second kappa shape index (κ2) is 5.44. The third-order valence-corrected chi connectivity index (χ3v) is 3.59. The molecule has 0 aliphatic rings. The van der Waals surface area contributed by atoms with E-state index in [4.69, 9.17) is 4.42 Å². The van der Waals surface area contributed by atoms with Crippen molar-refractivity contribution in [2.75, 3.05) is 11.9 Å². The van der Waals surface area contributed by atoms with Crippen LogP contribution in [-0.2, 0) is 0 Å². The van der Waals surface area contributed by atoms with Crippen LogP contribution in [0.2, 0.25) is 0 Å². The largest absolute Gasteiger partial charge is 0.459 e. The van der Waals surface area contributed by atoms with Gasteiger partial charge in [-0.3, -0.25) is 10.1 Å². The first-order chi connectivity index (χ1) is 10.6. The number of hydrogen-bond acceptors (Lipinski definition) is 6. The number of para-hydroxylation sites is 1. The number of fused-ring (bicyclic) bond motifs is 1. The molecule has 0 amide bonds. The van der Waals surface area contributed by atoms with Gasteiger partial charge in [0.1, 0.15) is 23.7 Å². The minimum atomic E-state index is -0.521. The van der Waals surface area contributed by atoms with Crippen LogP contribution in [0.1, 0.15) is 18.7 Å².